The summed E-state index contributed by atoms with van der Waals surface area (Å²) < 4.78 is 4.74. The third kappa shape index (κ3) is 5.48. The molecule has 0 amide bonds. The molecule has 0 saturated carbocycles. The molecule has 1 aliphatic heterocycles. The van der Waals surface area contributed by atoms with Crippen LogP contribution in [0.1, 0.15) is 30.4 Å². The summed E-state index contributed by atoms with van der Waals surface area (Å²) in [5.41, 5.74) is 2.24. The number of likely N-dealkylation sites (tertiary alicyclic amines) is 1. The number of benzene rings is 1. The van der Waals surface area contributed by atoms with Gasteiger partial charge < -0.3 is 15.0 Å². The average Bonchev–Trinajstić information content (AvgIpc) is 3.01. The van der Waals surface area contributed by atoms with Gasteiger partial charge in [0.25, 0.3) is 0 Å². The summed E-state index contributed by atoms with van der Waals surface area (Å²) in [5, 5.41) is 3.48. The Morgan fingerprint density at radius 2 is 1.95 bits per heavy atom. The zero-order valence-corrected chi connectivity index (χ0v) is 12.9. The van der Waals surface area contributed by atoms with Crippen LogP contribution >= 0.6 is 0 Å². The summed E-state index contributed by atoms with van der Waals surface area (Å²) in [4.78, 5) is 13.9. The maximum absolute atomic E-state index is 11.4. The van der Waals surface area contributed by atoms with Crippen molar-refractivity contribution in [1.82, 2.24) is 10.2 Å². The van der Waals surface area contributed by atoms with E-state index < -0.39 is 0 Å². The Kier molecular flexibility index (Phi) is 6.70. The van der Waals surface area contributed by atoms with Gasteiger partial charge in [-0.2, -0.15) is 0 Å². The summed E-state index contributed by atoms with van der Waals surface area (Å²) in [6.45, 7) is 5.55. The van der Waals surface area contributed by atoms with Crippen LogP contribution in [0.15, 0.2) is 24.3 Å². The maximum atomic E-state index is 11.4. The second-order valence-corrected chi connectivity index (χ2v) is 5.60. The Labute approximate surface area is 127 Å². The topological polar surface area (TPSA) is 41.6 Å². The standard InChI is InChI=1S/C17H26N2O2/c1-21-17(20)13-15-7-2-3-8-16(15)14-18-9-6-12-19-10-4-5-11-19/h2-3,7-8,18H,4-6,9-14H2,1H3. The van der Waals surface area contributed by atoms with Crippen LogP contribution < -0.4 is 5.32 Å². The SMILES string of the molecule is COC(=O)Cc1ccccc1CNCCCN1CCCC1. The van der Waals surface area contributed by atoms with Gasteiger partial charge in [0, 0.05) is 6.54 Å². The first kappa shape index (κ1) is 16.0. The van der Waals surface area contributed by atoms with Gasteiger partial charge in [-0.1, -0.05) is 24.3 Å². The number of esters is 1. The van der Waals surface area contributed by atoms with Crippen LogP contribution in [-0.2, 0) is 22.5 Å². The minimum atomic E-state index is -0.184. The highest BCUT2D eigenvalue weighted by molar-refractivity contribution is 5.72. The number of hydrogen-bond donors (Lipinski definition) is 1. The molecular formula is C17H26N2O2. The Balaban J connectivity index is 1.70. The van der Waals surface area contributed by atoms with E-state index in [-0.39, 0.29) is 5.97 Å². The fourth-order valence-corrected chi connectivity index (χ4v) is 2.79. The molecule has 0 unspecified atom stereocenters. The molecule has 1 saturated heterocycles. The van der Waals surface area contributed by atoms with Crippen molar-refractivity contribution in [2.75, 3.05) is 33.3 Å². The van der Waals surface area contributed by atoms with Gasteiger partial charge in [-0.05, 0) is 56.6 Å². The summed E-state index contributed by atoms with van der Waals surface area (Å²) in [5.74, 6) is -0.184. The highest BCUT2D eigenvalue weighted by atomic mass is 16.5. The van der Waals surface area contributed by atoms with Crippen molar-refractivity contribution in [3.8, 4) is 0 Å². The van der Waals surface area contributed by atoms with Gasteiger partial charge in [-0.25, -0.2) is 0 Å². The lowest BCUT2D eigenvalue weighted by molar-refractivity contribution is -0.139. The van der Waals surface area contributed by atoms with Gasteiger partial charge >= 0.3 is 5.97 Å². The van der Waals surface area contributed by atoms with E-state index in [1.54, 1.807) is 0 Å². The van der Waals surface area contributed by atoms with Crippen molar-refractivity contribution in [1.29, 1.82) is 0 Å². The zero-order chi connectivity index (χ0) is 14.9. The van der Waals surface area contributed by atoms with E-state index >= 15 is 0 Å². The highest BCUT2D eigenvalue weighted by Gasteiger charge is 2.10. The van der Waals surface area contributed by atoms with Crippen LogP contribution in [0.25, 0.3) is 0 Å². The van der Waals surface area contributed by atoms with Crippen LogP contribution in [0, 0.1) is 0 Å². The first-order valence-corrected chi connectivity index (χ1v) is 7.86. The fraction of sp³-hybridized carbons (Fsp3) is 0.588. The average molecular weight is 290 g/mol. The highest BCUT2D eigenvalue weighted by Crippen LogP contribution is 2.10. The number of hydrogen-bond acceptors (Lipinski definition) is 4. The number of nitrogens with zero attached hydrogens (tertiary/aromatic N) is 1. The number of nitrogens with one attached hydrogen (secondary N) is 1. The van der Waals surface area contributed by atoms with Crippen LogP contribution in [0.3, 0.4) is 0 Å². The Hall–Kier alpha value is -1.39. The smallest absolute Gasteiger partial charge is 0.309 e. The minimum Gasteiger partial charge on any atom is -0.469 e. The largest absolute Gasteiger partial charge is 0.469 e. The van der Waals surface area contributed by atoms with Crippen LogP contribution in [0.2, 0.25) is 0 Å². The summed E-state index contributed by atoms with van der Waals surface area (Å²) in [6, 6.07) is 8.06. The van der Waals surface area contributed by atoms with Crippen molar-refractivity contribution in [3.63, 3.8) is 0 Å². The van der Waals surface area contributed by atoms with Gasteiger partial charge in [-0.15, -0.1) is 0 Å². The molecule has 1 aromatic carbocycles. The first-order valence-electron chi connectivity index (χ1n) is 7.86. The summed E-state index contributed by atoms with van der Waals surface area (Å²) in [6.07, 6.45) is 4.24. The molecule has 0 atom stereocenters. The summed E-state index contributed by atoms with van der Waals surface area (Å²) in [7, 11) is 1.43. The fourth-order valence-electron chi connectivity index (χ4n) is 2.79. The monoisotopic (exact) mass is 290 g/mol. The van der Waals surface area contributed by atoms with Gasteiger partial charge in [0.15, 0.2) is 0 Å². The van der Waals surface area contributed by atoms with Gasteiger partial charge in [0.1, 0.15) is 0 Å². The number of carbonyl (C=O) groups excluding carboxylic acids is 1. The Morgan fingerprint density at radius 1 is 1.24 bits per heavy atom. The minimum absolute atomic E-state index is 0.184. The Bertz CT molecular complexity index is 442. The molecule has 1 aromatic rings. The van der Waals surface area contributed by atoms with Crippen LogP contribution in [-0.4, -0.2) is 44.2 Å². The molecule has 116 valence electrons. The second kappa shape index (κ2) is 8.80. The third-order valence-corrected chi connectivity index (χ3v) is 4.02. The number of methoxy groups -OCH3 is 1. The number of rotatable bonds is 8. The second-order valence-electron chi connectivity index (χ2n) is 5.60. The molecule has 2 rings (SSSR count). The molecule has 0 aliphatic carbocycles. The molecule has 0 aromatic heterocycles. The maximum Gasteiger partial charge on any atom is 0.309 e. The molecule has 4 heteroatoms. The van der Waals surface area contributed by atoms with Gasteiger partial charge in [-0.3, -0.25) is 4.79 Å². The molecular weight excluding hydrogens is 264 g/mol. The molecule has 0 radical (unpaired) electrons. The third-order valence-electron chi connectivity index (χ3n) is 4.02. The number of ether oxygens (including phenoxy) is 1. The number of carbonyl (C=O) groups is 1. The van der Waals surface area contributed by atoms with Crippen LogP contribution in [0.4, 0.5) is 0 Å². The van der Waals surface area contributed by atoms with E-state index in [2.05, 4.69) is 16.3 Å². The van der Waals surface area contributed by atoms with Crippen molar-refractivity contribution in [2.24, 2.45) is 0 Å². The van der Waals surface area contributed by atoms with E-state index in [4.69, 9.17) is 4.74 Å². The lowest BCUT2D eigenvalue weighted by atomic mass is 10.0. The molecule has 0 spiro atoms. The van der Waals surface area contributed by atoms with Gasteiger partial charge in [0.05, 0.1) is 13.5 Å². The molecule has 1 N–H and O–H groups in total. The molecule has 1 heterocycles. The molecule has 1 fully saturated rings. The quantitative estimate of drug-likeness (QED) is 0.587. The van der Waals surface area contributed by atoms with E-state index in [1.807, 2.05) is 18.2 Å². The van der Waals surface area contributed by atoms with Crippen molar-refractivity contribution in [2.45, 2.75) is 32.2 Å². The van der Waals surface area contributed by atoms with E-state index in [0.717, 1.165) is 18.7 Å². The molecule has 4 nitrogen and oxygen atoms in total. The van der Waals surface area contributed by atoms with Crippen molar-refractivity contribution < 1.29 is 9.53 Å². The van der Waals surface area contributed by atoms with Crippen molar-refractivity contribution in [3.05, 3.63) is 35.4 Å². The van der Waals surface area contributed by atoms with Crippen LogP contribution in [0.5, 0.6) is 0 Å². The predicted octanol–water partition coefficient (Wildman–Crippen LogP) is 1.98. The van der Waals surface area contributed by atoms with E-state index in [1.165, 1.54) is 51.6 Å². The zero-order valence-electron chi connectivity index (χ0n) is 12.9. The lowest BCUT2D eigenvalue weighted by Gasteiger charge is -2.15. The van der Waals surface area contributed by atoms with Gasteiger partial charge in [0.2, 0.25) is 0 Å². The molecule has 0 bridgehead atoms. The molecule has 1 aliphatic rings. The predicted molar refractivity (Wildman–Crippen MR) is 84.2 cm³/mol. The lowest BCUT2D eigenvalue weighted by Crippen LogP contribution is -2.25. The first-order chi connectivity index (χ1) is 10.3. The van der Waals surface area contributed by atoms with E-state index in [9.17, 15) is 4.79 Å². The summed E-state index contributed by atoms with van der Waals surface area (Å²) >= 11 is 0. The van der Waals surface area contributed by atoms with Crippen molar-refractivity contribution >= 4 is 5.97 Å². The Morgan fingerprint density at radius 3 is 2.67 bits per heavy atom. The normalized spacial score (nSPS) is 15.3. The molecule has 21 heavy (non-hydrogen) atoms. The van der Waals surface area contributed by atoms with E-state index in [0.29, 0.717) is 6.42 Å².